The minimum Gasteiger partial charge on any atom is -0.497 e. The first-order valence-corrected chi connectivity index (χ1v) is 21.0. The van der Waals surface area contributed by atoms with E-state index in [1.165, 1.54) is 4.90 Å². The van der Waals surface area contributed by atoms with Gasteiger partial charge in [-0.25, -0.2) is 0 Å². The number of rotatable bonds is 11. The molecular weight excluding hydrogens is 741 g/mol. The molecule has 0 spiro atoms. The Morgan fingerprint density at radius 2 is 1.57 bits per heavy atom. The van der Waals surface area contributed by atoms with Crippen molar-refractivity contribution in [2.24, 2.45) is 11.8 Å². The molecule has 4 N–H and O–H groups in total. The number of amides is 6. The fourth-order valence-electron chi connectivity index (χ4n) is 7.49. The highest BCUT2D eigenvalue weighted by Gasteiger charge is 2.34. The number of ether oxygens (including phenoxy) is 2. The quantitative estimate of drug-likeness (QED) is 0.251. The Hall–Kier alpha value is -5.14. The Labute approximate surface area is 342 Å². The highest BCUT2D eigenvalue weighted by atomic mass is 16.5. The fraction of sp³-hybridized carbons (Fsp3) is 0.591. The molecule has 0 aromatic heterocycles. The van der Waals surface area contributed by atoms with Crippen LogP contribution in [0.4, 0.5) is 0 Å². The second-order valence-electron chi connectivity index (χ2n) is 16.5. The van der Waals surface area contributed by atoms with Crippen LogP contribution in [0.2, 0.25) is 0 Å². The van der Waals surface area contributed by atoms with Gasteiger partial charge in [-0.1, -0.05) is 51.0 Å². The van der Waals surface area contributed by atoms with Gasteiger partial charge in [-0.05, 0) is 86.3 Å². The molecule has 58 heavy (non-hydrogen) atoms. The summed E-state index contributed by atoms with van der Waals surface area (Å²) >= 11 is 0. The molecular formula is C44H62N6O8. The van der Waals surface area contributed by atoms with E-state index >= 15 is 0 Å². The van der Waals surface area contributed by atoms with Crippen LogP contribution in [0.15, 0.2) is 48.5 Å². The Morgan fingerprint density at radius 1 is 0.879 bits per heavy atom. The van der Waals surface area contributed by atoms with E-state index in [9.17, 15) is 28.8 Å². The lowest BCUT2D eigenvalue weighted by atomic mass is 10.0. The molecule has 2 bridgehead atoms. The third kappa shape index (κ3) is 14.1. The summed E-state index contributed by atoms with van der Waals surface area (Å²) in [4.78, 5) is 85.5. The highest BCUT2D eigenvalue weighted by Crippen LogP contribution is 2.30. The molecule has 14 nitrogen and oxygen atoms in total. The van der Waals surface area contributed by atoms with Gasteiger partial charge >= 0.3 is 0 Å². The van der Waals surface area contributed by atoms with Gasteiger partial charge in [0.15, 0.2) is 0 Å². The van der Waals surface area contributed by atoms with Crippen LogP contribution < -0.4 is 30.7 Å². The minimum atomic E-state index is -1.14. The molecule has 1 saturated carbocycles. The second-order valence-corrected chi connectivity index (χ2v) is 16.5. The number of fused-ring (bicyclic) bond motifs is 17. The van der Waals surface area contributed by atoms with Gasteiger partial charge in [0.05, 0.1) is 19.7 Å². The molecule has 3 heterocycles. The van der Waals surface area contributed by atoms with Crippen LogP contribution in [0, 0.1) is 11.8 Å². The van der Waals surface area contributed by atoms with Crippen molar-refractivity contribution < 1.29 is 38.2 Å². The number of methoxy groups -OCH3 is 1. The molecule has 4 aliphatic rings. The number of nitrogens with one attached hydrogen (secondary N) is 4. The van der Waals surface area contributed by atoms with Crippen molar-refractivity contribution in [3.05, 3.63) is 59.7 Å². The lowest BCUT2D eigenvalue weighted by Crippen LogP contribution is -2.58. The summed E-state index contributed by atoms with van der Waals surface area (Å²) in [6, 6.07) is 10.7. The number of carbonyl (C=O) groups excluding carboxylic acids is 6. The van der Waals surface area contributed by atoms with Crippen molar-refractivity contribution in [3.8, 4) is 11.5 Å². The molecule has 316 valence electrons. The van der Waals surface area contributed by atoms with E-state index in [4.69, 9.17) is 9.47 Å². The Balaban J connectivity index is 1.41. The van der Waals surface area contributed by atoms with Crippen LogP contribution in [-0.2, 0) is 41.6 Å². The lowest BCUT2D eigenvalue weighted by molar-refractivity contribution is -0.140. The van der Waals surface area contributed by atoms with Crippen molar-refractivity contribution in [1.29, 1.82) is 0 Å². The second kappa shape index (κ2) is 21.6. The lowest BCUT2D eigenvalue weighted by Gasteiger charge is -2.29. The summed E-state index contributed by atoms with van der Waals surface area (Å²) in [5.74, 6) is -0.722. The van der Waals surface area contributed by atoms with E-state index in [1.807, 2.05) is 17.0 Å². The third-order valence-electron chi connectivity index (χ3n) is 10.9. The summed E-state index contributed by atoms with van der Waals surface area (Å²) in [5, 5.41) is 11.6. The molecule has 2 aromatic rings. The summed E-state index contributed by atoms with van der Waals surface area (Å²) < 4.78 is 11.4. The number of hydrogen-bond acceptors (Lipinski definition) is 8. The van der Waals surface area contributed by atoms with E-state index in [1.54, 1.807) is 50.4 Å². The number of hydrogen-bond donors (Lipinski definition) is 4. The van der Waals surface area contributed by atoms with Gasteiger partial charge in [-0.3, -0.25) is 28.8 Å². The van der Waals surface area contributed by atoms with Crippen molar-refractivity contribution >= 4 is 35.4 Å². The van der Waals surface area contributed by atoms with Gasteiger partial charge in [0.25, 0.3) is 0 Å². The zero-order valence-electron chi connectivity index (χ0n) is 34.6. The van der Waals surface area contributed by atoms with Crippen molar-refractivity contribution in [1.82, 2.24) is 31.1 Å². The minimum absolute atomic E-state index is 0.0245. The maximum atomic E-state index is 14.2. The Bertz CT molecular complexity index is 1710. The molecule has 0 radical (unpaired) electrons. The molecule has 6 rings (SSSR count). The van der Waals surface area contributed by atoms with E-state index < -0.39 is 41.8 Å². The molecule has 2 fully saturated rings. The topological polar surface area (TPSA) is 175 Å². The van der Waals surface area contributed by atoms with Crippen LogP contribution in [0.3, 0.4) is 0 Å². The highest BCUT2D eigenvalue weighted by molar-refractivity contribution is 5.95. The zero-order chi connectivity index (χ0) is 41.6. The predicted octanol–water partition coefficient (Wildman–Crippen LogP) is 3.30. The standard InChI is InChI=1S/C44H62N6O8/c1-29(2)23-34-28-58-36-17-13-32(14-18-36)24-37(47-39(51)19-20-41(53)49-21-7-5-6-8-22-49)43(55)48-38(25-31-11-15-35(57-4)16-12-31)42(54)45-30(3)44(56)50(26-33-9-10-33)27-40(52)46-34/h11-18,29-30,33-34,37-38H,5-10,19-28H2,1-4H3,(H,45,54)(H,46,52)(H,47,51)(H,48,55)/t30-,34+,37+,38+/m1/s1. The average Bonchev–Trinajstić information content (AvgIpc) is 4.06. The number of nitrogens with zero attached hydrogens (tertiary/aromatic N) is 2. The molecule has 1 saturated heterocycles. The molecule has 4 atom stereocenters. The van der Waals surface area contributed by atoms with Gasteiger partial charge < -0.3 is 40.5 Å². The Kier molecular flexibility index (Phi) is 16.4. The van der Waals surface area contributed by atoms with Gasteiger partial charge in [-0.2, -0.15) is 0 Å². The number of carbonyl (C=O) groups is 6. The summed E-state index contributed by atoms with van der Waals surface area (Å²) in [5.41, 5.74) is 1.45. The maximum absolute atomic E-state index is 14.2. The Morgan fingerprint density at radius 3 is 2.21 bits per heavy atom. The number of benzene rings is 2. The fourth-order valence-corrected chi connectivity index (χ4v) is 7.49. The van der Waals surface area contributed by atoms with Gasteiger partial charge in [0, 0.05) is 45.3 Å². The van der Waals surface area contributed by atoms with Gasteiger partial charge in [-0.15, -0.1) is 0 Å². The van der Waals surface area contributed by atoms with Crippen LogP contribution in [0.25, 0.3) is 0 Å². The number of likely N-dealkylation sites (tertiary alicyclic amines) is 1. The molecule has 14 heteroatoms. The summed E-state index contributed by atoms with van der Waals surface area (Å²) in [6.07, 6.45) is 6.70. The smallest absolute Gasteiger partial charge is 0.245 e. The molecule has 1 aliphatic carbocycles. The molecule has 6 amide bonds. The monoisotopic (exact) mass is 802 g/mol. The molecule has 0 unspecified atom stereocenters. The van der Waals surface area contributed by atoms with E-state index in [2.05, 4.69) is 35.1 Å². The van der Waals surface area contributed by atoms with Gasteiger partial charge in [0.2, 0.25) is 35.4 Å². The third-order valence-corrected chi connectivity index (χ3v) is 10.9. The summed E-state index contributed by atoms with van der Waals surface area (Å²) in [6.45, 7) is 7.48. The zero-order valence-corrected chi connectivity index (χ0v) is 34.6. The first kappa shape index (κ1) is 44.0. The van der Waals surface area contributed by atoms with Crippen molar-refractivity contribution in [3.63, 3.8) is 0 Å². The average molecular weight is 803 g/mol. The summed E-state index contributed by atoms with van der Waals surface area (Å²) in [7, 11) is 1.55. The normalized spacial score (nSPS) is 22.9. The van der Waals surface area contributed by atoms with Crippen LogP contribution in [-0.4, -0.2) is 109 Å². The van der Waals surface area contributed by atoms with E-state index in [-0.39, 0.29) is 68.5 Å². The molecule has 2 aromatic carbocycles. The predicted molar refractivity (Wildman–Crippen MR) is 219 cm³/mol. The van der Waals surface area contributed by atoms with E-state index in [0.29, 0.717) is 37.6 Å². The SMILES string of the molecule is COc1ccc(C[C@@H]2NC(=O)[C@@H](NC(=O)CCC(=O)N3CCCCCC3)Cc3ccc(cc3)OC[C@H](CC(C)C)NC(=O)CN(CC3CC3)C(=O)[C@@H](C)NC2=O)cc1. The van der Waals surface area contributed by atoms with Crippen molar-refractivity contribution in [2.45, 2.75) is 116 Å². The van der Waals surface area contributed by atoms with Crippen LogP contribution in [0.5, 0.6) is 11.5 Å². The maximum Gasteiger partial charge on any atom is 0.245 e. The van der Waals surface area contributed by atoms with Crippen molar-refractivity contribution in [2.75, 3.05) is 39.9 Å². The first-order chi connectivity index (χ1) is 27.9. The first-order valence-electron chi connectivity index (χ1n) is 21.0. The van der Waals surface area contributed by atoms with E-state index in [0.717, 1.165) is 49.7 Å². The largest absolute Gasteiger partial charge is 0.497 e. The van der Waals surface area contributed by atoms with Crippen LogP contribution in [0.1, 0.15) is 89.7 Å². The van der Waals surface area contributed by atoms with Gasteiger partial charge in [0.1, 0.15) is 36.2 Å². The molecule has 3 aliphatic heterocycles. The van der Waals surface area contributed by atoms with Crippen LogP contribution >= 0.6 is 0 Å².